The lowest BCUT2D eigenvalue weighted by Crippen LogP contribution is -2.18. The van der Waals surface area contributed by atoms with Crippen molar-refractivity contribution in [1.82, 2.24) is 4.90 Å². The Morgan fingerprint density at radius 2 is 2.14 bits per heavy atom. The van der Waals surface area contributed by atoms with Crippen LogP contribution >= 0.6 is 0 Å². The van der Waals surface area contributed by atoms with Gasteiger partial charge in [-0.25, -0.2) is 4.39 Å². The van der Waals surface area contributed by atoms with Gasteiger partial charge in [-0.05, 0) is 38.8 Å². The normalized spacial score (nSPS) is 29.9. The number of aliphatic carboxylic acids is 1. The third kappa shape index (κ3) is 3.62. The standard InChI is InChI=1S/C10H18FNO2/c1-12-6-4-8(2-3-10(13)14)9(11)5-7-12/h8-9H,2-7H2,1H3,(H,13,14). The highest BCUT2D eigenvalue weighted by Gasteiger charge is 2.25. The number of hydrogen-bond donors (Lipinski definition) is 1. The van der Waals surface area contributed by atoms with Gasteiger partial charge >= 0.3 is 5.97 Å². The highest BCUT2D eigenvalue weighted by Crippen LogP contribution is 2.24. The molecule has 4 heteroatoms. The van der Waals surface area contributed by atoms with Crippen LogP contribution in [0.2, 0.25) is 0 Å². The fraction of sp³-hybridized carbons (Fsp3) is 0.900. The fourth-order valence-corrected chi connectivity index (χ4v) is 1.89. The molecule has 0 bridgehead atoms. The van der Waals surface area contributed by atoms with Crippen LogP contribution < -0.4 is 0 Å². The molecule has 1 saturated heterocycles. The number of nitrogens with zero attached hydrogens (tertiary/aromatic N) is 1. The molecular weight excluding hydrogens is 185 g/mol. The van der Waals surface area contributed by atoms with Crippen LogP contribution in [-0.2, 0) is 4.79 Å². The van der Waals surface area contributed by atoms with E-state index < -0.39 is 12.1 Å². The quantitative estimate of drug-likeness (QED) is 0.756. The van der Waals surface area contributed by atoms with Crippen LogP contribution in [0.25, 0.3) is 0 Å². The molecule has 1 aliphatic rings. The Morgan fingerprint density at radius 3 is 2.79 bits per heavy atom. The molecule has 0 spiro atoms. The fourth-order valence-electron chi connectivity index (χ4n) is 1.89. The van der Waals surface area contributed by atoms with Crippen LogP contribution in [0.3, 0.4) is 0 Å². The van der Waals surface area contributed by atoms with Crippen molar-refractivity contribution in [2.75, 3.05) is 20.1 Å². The third-order valence-corrected chi connectivity index (χ3v) is 2.91. The van der Waals surface area contributed by atoms with Gasteiger partial charge in [0.1, 0.15) is 6.17 Å². The maximum atomic E-state index is 13.5. The lowest BCUT2D eigenvalue weighted by molar-refractivity contribution is -0.137. The maximum Gasteiger partial charge on any atom is 0.303 e. The van der Waals surface area contributed by atoms with Gasteiger partial charge in [0, 0.05) is 13.0 Å². The lowest BCUT2D eigenvalue weighted by atomic mass is 9.93. The number of rotatable bonds is 3. The largest absolute Gasteiger partial charge is 0.481 e. The van der Waals surface area contributed by atoms with Crippen LogP contribution in [0, 0.1) is 5.92 Å². The van der Waals surface area contributed by atoms with E-state index >= 15 is 0 Å². The Kier molecular flexibility index (Phi) is 4.32. The lowest BCUT2D eigenvalue weighted by Gasteiger charge is -2.16. The first-order valence-corrected chi connectivity index (χ1v) is 5.14. The topological polar surface area (TPSA) is 40.5 Å². The molecule has 0 saturated carbocycles. The Labute approximate surface area is 83.9 Å². The molecule has 1 heterocycles. The van der Waals surface area contributed by atoms with Gasteiger partial charge in [-0.1, -0.05) is 0 Å². The second-order valence-electron chi connectivity index (χ2n) is 4.09. The summed E-state index contributed by atoms with van der Waals surface area (Å²) in [7, 11) is 1.98. The second-order valence-corrected chi connectivity index (χ2v) is 4.09. The van der Waals surface area contributed by atoms with Crippen molar-refractivity contribution in [1.29, 1.82) is 0 Å². The summed E-state index contributed by atoms with van der Waals surface area (Å²) in [6.07, 6.45) is 1.07. The Bertz CT molecular complexity index is 199. The number of carbonyl (C=O) groups is 1. The first-order valence-electron chi connectivity index (χ1n) is 5.14. The maximum absolute atomic E-state index is 13.5. The summed E-state index contributed by atoms with van der Waals surface area (Å²) in [6.45, 7) is 1.66. The van der Waals surface area contributed by atoms with Gasteiger partial charge < -0.3 is 10.0 Å². The molecule has 2 atom stereocenters. The van der Waals surface area contributed by atoms with Crippen molar-refractivity contribution in [2.24, 2.45) is 5.92 Å². The number of carboxylic acid groups (broad SMARTS) is 1. The van der Waals surface area contributed by atoms with E-state index in [2.05, 4.69) is 4.90 Å². The number of hydrogen-bond acceptors (Lipinski definition) is 2. The summed E-state index contributed by atoms with van der Waals surface area (Å²) < 4.78 is 13.5. The van der Waals surface area contributed by atoms with Crippen molar-refractivity contribution in [3.05, 3.63) is 0 Å². The minimum Gasteiger partial charge on any atom is -0.481 e. The monoisotopic (exact) mass is 203 g/mol. The summed E-state index contributed by atoms with van der Waals surface area (Å²) in [5, 5.41) is 8.52. The third-order valence-electron chi connectivity index (χ3n) is 2.91. The van der Waals surface area contributed by atoms with Gasteiger partial charge in [0.25, 0.3) is 0 Å². The minimum absolute atomic E-state index is 0.0592. The molecule has 0 aliphatic carbocycles. The molecule has 2 unspecified atom stereocenters. The van der Waals surface area contributed by atoms with Crippen molar-refractivity contribution in [3.63, 3.8) is 0 Å². The van der Waals surface area contributed by atoms with Gasteiger partial charge in [-0.3, -0.25) is 4.79 Å². The van der Waals surface area contributed by atoms with E-state index in [1.165, 1.54) is 0 Å². The zero-order chi connectivity index (χ0) is 10.6. The highest BCUT2D eigenvalue weighted by atomic mass is 19.1. The molecule has 14 heavy (non-hydrogen) atoms. The summed E-state index contributed by atoms with van der Waals surface area (Å²) >= 11 is 0. The number of likely N-dealkylation sites (tertiary alicyclic amines) is 1. The molecule has 1 N–H and O–H groups in total. The van der Waals surface area contributed by atoms with Crippen molar-refractivity contribution >= 4 is 5.97 Å². The van der Waals surface area contributed by atoms with Crippen molar-refractivity contribution in [2.45, 2.75) is 31.9 Å². The van der Waals surface area contributed by atoms with Crippen LogP contribution in [-0.4, -0.2) is 42.3 Å². The van der Waals surface area contributed by atoms with E-state index in [4.69, 9.17) is 5.11 Å². The number of carboxylic acids is 1. The smallest absolute Gasteiger partial charge is 0.303 e. The molecule has 0 amide bonds. The summed E-state index contributed by atoms with van der Waals surface area (Å²) in [5.41, 5.74) is 0. The van der Waals surface area contributed by atoms with E-state index in [-0.39, 0.29) is 12.3 Å². The van der Waals surface area contributed by atoms with E-state index in [0.717, 1.165) is 19.5 Å². The molecule has 0 aromatic heterocycles. The second kappa shape index (κ2) is 5.29. The Morgan fingerprint density at radius 1 is 1.50 bits per heavy atom. The zero-order valence-electron chi connectivity index (χ0n) is 8.58. The first kappa shape index (κ1) is 11.4. The van der Waals surface area contributed by atoms with Crippen LogP contribution in [0.15, 0.2) is 0 Å². The molecule has 1 rings (SSSR count). The molecule has 1 fully saturated rings. The van der Waals surface area contributed by atoms with Crippen LogP contribution in [0.5, 0.6) is 0 Å². The Hall–Kier alpha value is -0.640. The van der Waals surface area contributed by atoms with Crippen LogP contribution in [0.4, 0.5) is 4.39 Å². The van der Waals surface area contributed by atoms with Crippen molar-refractivity contribution < 1.29 is 14.3 Å². The molecule has 3 nitrogen and oxygen atoms in total. The predicted octanol–water partition coefficient (Wildman–Crippen LogP) is 1.53. The van der Waals surface area contributed by atoms with E-state index in [1.807, 2.05) is 7.05 Å². The average Bonchev–Trinajstić information content (AvgIpc) is 2.27. The van der Waals surface area contributed by atoms with Gasteiger partial charge in [-0.2, -0.15) is 0 Å². The molecule has 0 aromatic rings. The van der Waals surface area contributed by atoms with E-state index in [1.54, 1.807) is 0 Å². The van der Waals surface area contributed by atoms with Gasteiger partial charge in [0.15, 0.2) is 0 Å². The van der Waals surface area contributed by atoms with Gasteiger partial charge in [-0.15, -0.1) is 0 Å². The van der Waals surface area contributed by atoms with Crippen LogP contribution in [0.1, 0.15) is 25.7 Å². The van der Waals surface area contributed by atoms with E-state index in [0.29, 0.717) is 12.8 Å². The minimum atomic E-state index is -0.824. The summed E-state index contributed by atoms with van der Waals surface area (Å²) in [6, 6.07) is 0. The first-order chi connectivity index (χ1) is 6.59. The Balaban J connectivity index is 2.37. The van der Waals surface area contributed by atoms with Crippen molar-refractivity contribution in [3.8, 4) is 0 Å². The summed E-state index contributed by atoms with van der Waals surface area (Å²) in [4.78, 5) is 12.5. The van der Waals surface area contributed by atoms with Gasteiger partial charge in [0.2, 0.25) is 0 Å². The summed E-state index contributed by atoms with van der Waals surface area (Å²) in [5.74, 6) is -0.883. The van der Waals surface area contributed by atoms with E-state index in [9.17, 15) is 9.18 Å². The average molecular weight is 203 g/mol. The SMILES string of the molecule is CN1CCC(F)C(CCC(=O)O)CC1. The van der Waals surface area contributed by atoms with Gasteiger partial charge in [0.05, 0.1) is 0 Å². The molecule has 0 radical (unpaired) electrons. The molecular formula is C10H18FNO2. The molecule has 82 valence electrons. The molecule has 1 aliphatic heterocycles. The number of halogens is 1. The zero-order valence-corrected chi connectivity index (χ0v) is 8.58. The highest BCUT2D eigenvalue weighted by molar-refractivity contribution is 5.66. The predicted molar refractivity (Wildman–Crippen MR) is 52.0 cm³/mol. The number of alkyl halides is 1. The molecule has 0 aromatic carbocycles.